The lowest BCUT2D eigenvalue weighted by atomic mass is 10.2. The predicted octanol–water partition coefficient (Wildman–Crippen LogP) is 0.631. The maximum absolute atomic E-state index is 10.3. The lowest BCUT2D eigenvalue weighted by Crippen LogP contribution is -2.41. The molecule has 0 aromatic rings. The first-order valence-electron chi connectivity index (χ1n) is 3.47. The van der Waals surface area contributed by atoms with Crippen LogP contribution in [0.15, 0.2) is 0 Å². The minimum atomic E-state index is 0.243. The van der Waals surface area contributed by atoms with Crippen LogP contribution < -0.4 is 0 Å². The molecule has 59 valence electrons. The van der Waals surface area contributed by atoms with E-state index in [1.54, 1.807) is 10.0 Å². The first-order chi connectivity index (χ1) is 4.63. The largest absolute Gasteiger partial charge is 0.328 e. The Balaban J connectivity index is 3.92. The summed E-state index contributed by atoms with van der Waals surface area (Å²) in [5.74, 6) is 0. The molecule has 0 rings (SSSR count). The number of rotatable bonds is 4. The van der Waals surface area contributed by atoms with Gasteiger partial charge in [-0.2, -0.15) is 0 Å². The van der Waals surface area contributed by atoms with Gasteiger partial charge < -0.3 is 0 Å². The van der Waals surface area contributed by atoms with Gasteiger partial charge in [-0.1, -0.05) is 6.92 Å². The third-order valence-electron chi connectivity index (χ3n) is 1.53. The van der Waals surface area contributed by atoms with Crippen molar-refractivity contribution >= 4 is 6.41 Å². The summed E-state index contributed by atoms with van der Waals surface area (Å²) >= 11 is 0. The van der Waals surface area contributed by atoms with E-state index in [9.17, 15) is 4.79 Å². The highest BCUT2D eigenvalue weighted by Crippen LogP contribution is 2.00. The van der Waals surface area contributed by atoms with E-state index in [-0.39, 0.29) is 6.04 Å². The summed E-state index contributed by atoms with van der Waals surface area (Å²) in [6.45, 7) is 4.03. The van der Waals surface area contributed by atoms with Gasteiger partial charge in [0, 0.05) is 20.1 Å². The Labute approximate surface area is 62.6 Å². The van der Waals surface area contributed by atoms with Crippen LogP contribution in [0, 0.1) is 0 Å². The maximum atomic E-state index is 10.3. The van der Waals surface area contributed by atoms with Gasteiger partial charge in [0.1, 0.15) is 0 Å². The van der Waals surface area contributed by atoms with Crippen LogP contribution in [0.5, 0.6) is 0 Å². The van der Waals surface area contributed by atoms with Crippen molar-refractivity contribution in [2.45, 2.75) is 26.3 Å². The molecular weight excluding hydrogens is 128 g/mol. The highest BCUT2D eigenvalue weighted by molar-refractivity contribution is 5.47. The third-order valence-corrected chi connectivity index (χ3v) is 1.53. The minimum absolute atomic E-state index is 0.243. The molecule has 1 unspecified atom stereocenters. The van der Waals surface area contributed by atoms with Crippen LogP contribution in [0.3, 0.4) is 0 Å². The van der Waals surface area contributed by atoms with E-state index in [4.69, 9.17) is 0 Å². The van der Waals surface area contributed by atoms with E-state index >= 15 is 0 Å². The number of hydrazine groups is 1. The molecule has 0 fully saturated rings. The predicted molar refractivity (Wildman–Crippen MR) is 41.0 cm³/mol. The summed E-state index contributed by atoms with van der Waals surface area (Å²) in [6, 6.07) is 0.243. The Hall–Kier alpha value is -0.570. The minimum Gasteiger partial charge on any atom is -0.265 e. The van der Waals surface area contributed by atoms with Gasteiger partial charge in [0.15, 0.2) is 0 Å². The molecule has 3 heteroatoms. The van der Waals surface area contributed by atoms with Gasteiger partial charge in [-0.25, -0.2) is 5.01 Å². The first-order valence-corrected chi connectivity index (χ1v) is 3.47. The van der Waals surface area contributed by atoms with E-state index in [2.05, 4.69) is 0 Å². The van der Waals surface area contributed by atoms with Crippen LogP contribution in [0.2, 0.25) is 0 Å². The van der Waals surface area contributed by atoms with Crippen molar-refractivity contribution in [2.24, 2.45) is 0 Å². The topological polar surface area (TPSA) is 23.6 Å². The van der Waals surface area contributed by atoms with Gasteiger partial charge in [0.05, 0.1) is 0 Å². The molecule has 1 radical (unpaired) electrons. The van der Waals surface area contributed by atoms with Crippen LogP contribution in [0.1, 0.15) is 20.3 Å². The van der Waals surface area contributed by atoms with E-state index in [1.165, 1.54) is 0 Å². The number of hydrogen-bond donors (Lipinski definition) is 0. The zero-order chi connectivity index (χ0) is 8.15. The summed E-state index contributed by atoms with van der Waals surface area (Å²) in [4.78, 5) is 10.3. The van der Waals surface area contributed by atoms with Crippen molar-refractivity contribution in [3.63, 3.8) is 0 Å². The first kappa shape index (κ1) is 9.43. The van der Waals surface area contributed by atoms with E-state index in [0.29, 0.717) is 0 Å². The van der Waals surface area contributed by atoms with Crippen molar-refractivity contribution in [1.29, 1.82) is 0 Å². The second kappa shape index (κ2) is 4.28. The molecule has 0 aromatic heterocycles. The summed E-state index contributed by atoms with van der Waals surface area (Å²) in [7, 11) is 3.66. The van der Waals surface area contributed by atoms with Crippen LogP contribution >= 0.6 is 0 Å². The van der Waals surface area contributed by atoms with Crippen LogP contribution in [-0.2, 0) is 4.79 Å². The van der Waals surface area contributed by atoms with E-state index in [0.717, 1.165) is 6.42 Å². The second-order valence-electron chi connectivity index (χ2n) is 2.54. The monoisotopic (exact) mass is 143 g/mol. The molecule has 0 saturated carbocycles. The van der Waals surface area contributed by atoms with Crippen LogP contribution in [0.4, 0.5) is 0 Å². The van der Waals surface area contributed by atoms with Crippen molar-refractivity contribution in [3.05, 3.63) is 0 Å². The normalized spacial score (nSPS) is 13.3. The number of nitrogens with zero attached hydrogens (tertiary/aromatic N) is 2. The Bertz CT molecular complexity index is 104. The summed E-state index contributed by atoms with van der Waals surface area (Å²) in [5, 5.41) is 3.28. The SMILES string of the molecule is CCC(C)N([C]=O)N(C)C. The van der Waals surface area contributed by atoms with Gasteiger partial charge in [-0.15, -0.1) is 0 Å². The molecule has 0 aliphatic carbocycles. The molecule has 1 atom stereocenters. The molecule has 3 nitrogen and oxygen atoms in total. The van der Waals surface area contributed by atoms with Gasteiger partial charge in [-0.05, 0) is 13.3 Å². The molecular formula is C7H15N2O. The smallest absolute Gasteiger partial charge is 0.265 e. The Morgan fingerprint density at radius 1 is 1.50 bits per heavy atom. The third kappa shape index (κ3) is 2.35. The average Bonchev–Trinajstić information content (AvgIpc) is 1.88. The molecule has 0 aliphatic heterocycles. The molecule has 0 heterocycles. The average molecular weight is 143 g/mol. The van der Waals surface area contributed by atoms with Crippen LogP contribution in [-0.4, -0.2) is 36.6 Å². The Kier molecular flexibility index (Phi) is 4.03. The Morgan fingerprint density at radius 3 is 2.10 bits per heavy atom. The zero-order valence-electron chi connectivity index (χ0n) is 7.09. The highest BCUT2D eigenvalue weighted by atomic mass is 16.1. The molecule has 0 N–H and O–H groups in total. The number of hydrogen-bond acceptors (Lipinski definition) is 2. The fourth-order valence-corrected chi connectivity index (χ4v) is 0.739. The lowest BCUT2D eigenvalue weighted by Gasteiger charge is -2.28. The Morgan fingerprint density at radius 2 is 2.00 bits per heavy atom. The van der Waals surface area contributed by atoms with Gasteiger partial charge >= 0.3 is 6.41 Å². The zero-order valence-corrected chi connectivity index (χ0v) is 7.09. The van der Waals surface area contributed by atoms with Crippen LogP contribution in [0.25, 0.3) is 0 Å². The second-order valence-corrected chi connectivity index (χ2v) is 2.54. The molecule has 10 heavy (non-hydrogen) atoms. The molecule has 0 aromatic carbocycles. The van der Waals surface area contributed by atoms with E-state index in [1.807, 2.05) is 34.4 Å². The van der Waals surface area contributed by atoms with Crippen molar-refractivity contribution in [2.75, 3.05) is 14.1 Å². The summed E-state index contributed by atoms with van der Waals surface area (Å²) in [6.07, 6.45) is 2.81. The van der Waals surface area contributed by atoms with Crippen molar-refractivity contribution < 1.29 is 4.79 Å². The quantitative estimate of drug-likeness (QED) is 0.425. The maximum Gasteiger partial charge on any atom is 0.328 e. The van der Waals surface area contributed by atoms with Gasteiger partial charge in [0.2, 0.25) is 0 Å². The molecule has 0 aliphatic rings. The van der Waals surface area contributed by atoms with Crippen molar-refractivity contribution in [1.82, 2.24) is 10.0 Å². The fraction of sp³-hybridized carbons (Fsp3) is 0.857. The molecule has 1 amide bonds. The lowest BCUT2D eigenvalue weighted by molar-refractivity contribution is 0.0641. The van der Waals surface area contributed by atoms with Gasteiger partial charge in [-0.3, -0.25) is 9.80 Å². The highest BCUT2D eigenvalue weighted by Gasteiger charge is 2.11. The number of carbonyl (C=O) groups excluding carboxylic acids is 1. The summed E-state index contributed by atoms with van der Waals surface area (Å²) in [5.41, 5.74) is 0. The molecule has 0 bridgehead atoms. The van der Waals surface area contributed by atoms with Crippen molar-refractivity contribution in [3.8, 4) is 0 Å². The van der Waals surface area contributed by atoms with Gasteiger partial charge in [0.25, 0.3) is 0 Å². The standard InChI is InChI=1S/C7H15N2O/c1-5-7(2)9(6-10)8(3)4/h7H,5H2,1-4H3. The summed E-state index contributed by atoms with van der Waals surface area (Å²) < 4.78 is 0. The molecule has 0 spiro atoms. The fourth-order valence-electron chi connectivity index (χ4n) is 0.739. The molecule has 0 saturated heterocycles. The van der Waals surface area contributed by atoms with E-state index < -0.39 is 0 Å². The number of amides is 1.